The van der Waals surface area contributed by atoms with Crippen molar-refractivity contribution in [1.82, 2.24) is 9.97 Å². The highest BCUT2D eigenvalue weighted by atomic mass is 16.5. The predicted molar refractivity (Wildman–Crippen MR) is 82.5 cm³/mol. The lowest BCUT2D eigenvalue weighted by Gasteiger charge is -2.32. The van der Waals surface area contributed by atoms with Crippen molar-refractivity contribution in [2.24, 2.45) is 0 Å². The lowest BCUT2D eigenvalue weighted by Crippen LogP contribution is -2.42. The number of anilines is 2. The van der Waals surface area contributed by atoms with Gasteiger partial charge in [0.2, 0.25) is 0 Å². The van der Waals surface area contributed by atoms with Crippen molar-refractivity contribution in [1.29, 1.82) is 5.26 Å². The number of morpholine rings is 1. The van der Waals surface area contributed by atoms with Gasteiger partial charge in [0.25, 0.3) is 0 Å². The molecule has 1 aliphatic rings. The van der Waals surface area contributed by atoms with Crippen LogP contribution in [0.2, 0.25) is 0 Å². The molecule has 1 atom stereocenters. The van der Waals surface area contributed by atoms with Gasteiger partial charge in [-0.15, -0.1) is 0 Å². The van der Waals surface area contributed by atoms with Crippen molar-refractivity contribution < 1.29 is 4.74 Å². The fraction of sp³-hybridized carbons (Fsp3) is 0.667. The van der Waals surface area contributed by atoms with E-state index in [2.05, 4.69) is 40.1 Å². The third-order valence-corrected chi connectivity index (χ3v) is 3.54. The first kappa shape index (κ1) is 15.5. The minimum atomic E-state index is -0.384. The van der Waals surface area contributed by atoms with Crippen molar-refractivity contribution in [2.75, 3.05) is 36.5 Å². The second-order valence-corrected chi connectivity index (χ2v) is 5.15. The van der Waals surface area contributed by atoms with Crippen LogP contribution in [0.5, 0.6) is 0 Å². The van der Waals surface area contributed by atoms with Crippen LogP contribution in [0.3, 0.4) is 0 Å². The first-order chi connectivity index (χ1) is 10.2. The molecule has 0 bridgehead atoms. The Labute approximate surface area is 126 Å². The van der Waals surface area contributed by atoms with Gasteiger partial charge >= 0.3 is 0 Å². The van der Waals surface area contributed by atoms with Crippen molar-refractivity contribution >= 4 is 11.6 Å². The van der Waals surface area contributed by atoms with Crippen molar-refractivity contribution in [3.63, 3.8) is 0 Å². The van der Waals surface area contributed by atoms with Crippen molar-refractivity contribution in [3.05, 3.63) is 11.4 Å². The highest BCUT2D eigenvalue weighted by Crippen LogP contribution is 2.25. The molecule has 0 amide bonds. The van der Waals surface area contributed by atoms with Crippen LogP contribution in [-0.2, 0) is 11.2 Å². The summed E-state index contributed by atoms with van der Waals surface area (Å²) >= 11 is 0. The molecule has 6 nitrogen and oxygen atoms in total. The van der Waals surface area contributed by atoms with Crippen LogP contribution in [-0.4, -0.2) is 42.3 Å². The Balaban J connectivity index is 2.30. The summed E-state index contributed by atoms with van der Waals surface area (Å²) in [6.45, 7) is 8.98. The minimum Gasteiger partial charge on any atom is -0.370 e. The van der Waals surface area contributed by atoms with Crippen LogP contribution in [0.4, 0.5) is 11.6 Å². The first-order valence-corrected chi connectivity index (χ1v) is 7.57. The minimum absolute atomic E-state index is 0.384. The van der Waals surface area contributed by atoms with Crippen LogP contribution in [0.15, 0.2) is 0 Å². The predicted octanol–water partition coefficient (Wildman–Crippen LogP) is 1.90. The van der Waals surface area contributed by atoms with Crippen LogP contribution in [0.25, 0.3) is 0 Å². The average Bonchev–Trinajstić information content (AvgIpc) is 2.54. The number of nitrogens with one attached hydrogen (secondary N) is 1. The Bertz CT molecular complexity index is 526. The molecule has 21 heavy (non-hydrogen) atoms. The van der Waals surface area contributed by atoms with Gasteiger partial charge in [0, 0.05) is 25.1 Å². The topological polar surface area (TPSA) is 74.1 Å². The van der Waals surface area contributed by atoms with Gasteiger partial charge in [0.05, 0.1) is 19.2 Å². The van der Waals surface area contributed by atoms with Gasteiger partial charge in [-0.3, -0.25) is 0 Å². The number of aryl methyl sites for hydroxylation is 1. The summed E-state index contributed by atoms with van der Waals surface area (Å²) in [6.07, 6.45) is 1.46. The molecule has 1 aromatic heterocycles. The molecule has 1 fully saturated rings. The maximum Gasteiger partial charge on any atom is 0.161 e. The zero-order chi connectivity index (χ0) is 15.2. The summed E-state index contributed by atoms with van der Waals surface area (Å²) in [5, 5.41) is 12.4. The lowest BCUT2D eigenvalue weighted by atomic mass is 10.2. The van der Waals surface area contributed by atoms with Crippen LogP contribution < -0.4 is 10.2 Å². The number of nitrogens with zero attached hydrogens (tertiary/aromatic N) is 4. The summed E-state index contributed by atoms with van der Waals surface area (Å²) in [7, 11) is 0. The number of hydrogen-bond donors (Lipinski definition) is 1. The maximum atomic E-state index is 9.05. The van der Waals surface area contributed by atoms with E-state index >= 15 is 0 Å². The van der Waals surface area contributed by atoms with E-state index in [0.29, 0.717) is 13.2 Å². The summed E-state index contributed by atoms with van der Waals surface area (Å²) in [5.41, 5.74) is 1.04. The Morgan fingerprint density at radius 2 is 2.24 bits per heavy atom. The molecule has 0 spiro atoms. The molecule has 114 valence electrons. The Hall–Kier alpha value is -1.87. The fourth-order valence-corrected chi connectivity index (χ4v) is 2.35. The molecule has 0 radical (unpaired) electrons. The van der Waals surface area contributed by atoms with Gasteiger partial charge in [-0.1, -0.05) is 13.8 Å². The van der Waals surface area contributed by atoms with Crippen LogP contribution in [0, 0.1) is 18.3 Å². The van der Waals surface area contributed by atoms with E-state index in [9.17, 15) is 0 Å². The number of aromatic nitrogens is 2. The van der Waals surface area contributed by atoms with E-state index in [1.165, 1.54) is 0 Å². The third kappa shape index (κ3) is 3.61. The van der Waals surface area contributed by atoms with Gasteiger partial charge < -0.3 is 15.0 Å². The molecule has 0 saturated carbocycles. The number of nitriles is 1. The van der Waals surface area contributed by atoms with E-state index in [4.69, 9.17) is 10.00 Å². The van der Waals surface area contributed by atoms with E-state index in [-0.39, 0.29) is 6.10 Å². The van der Waals surface area contributed by atoms with E-state index in [0.717, 1.165) is 49.0 Å². The average molecular weight is 289 g/mol. The Morgan fingerprint density at radius 1 is 1.43 bits per heavy atom. The molecule has 1 N–H and O–H groups in total. The molecule has 0 aromatic carbocycles. The molecule has 6 heteroatoms. The SMILES string of the molecule is CCCNc1nc(CC)nc(N2CCOC(C#N)C2)c1C. The van der Waals surface area contributed by atoms with Gasteiger partial charge in [-0.05, 0) is 13.3 Å². The normalized spacial score (nSPS) is 18.4. The monoisotopic (exact) mass is 289 g/mol. The highest BCUT2D eigenvalue weighted by molar-refractivity contribution is 5.59. The first-order valence-electron chi connectivity index (χ1n) is 7.57. The summed E-state index contributed by atoms with van der Waals surface area (Å²) in [5.74, 6) is 2.65. The number of ether oxygens (including phenoxy) is 1. The molecule has 1 unspecified atom stereocenters. The molecular weight excluding hydrogens is 266 g/mol. The second-order valence-electron chi connectivity index (χ2n) is 5.15. The van der Waals surface area contributed by atoms with E-state index in [1.807, 2.05) is 6.92 Å². The molecule has 1 aliphatic heterocycles. The molecular formula is C15H23N5O. The highest BCUT2D eigenvalue weighted by Gasteiger charge is 2.24. The zero-order valence-electron chi connectivity index (χ0n) is 13.0. The number of rotatable bonds is 5. The fourth-order valence-electron chi connectivity index (χ4n) is 2.35. The Morgan fingerprint density at radius 3 is 2.90 bits per heavy atom. The van der Waals surface area contributed by atoms with E-state index < -0.39 is 0 Å². The smallest absolute Gasteiger partial charge is 0.161 e. The van der Waals surface area contributed by atoms with Gasteiger partial charge in [0.15, 0.2) is 6.10 Å². The van der Waals surface area contributed by atoms with Gasteiger partial charge in [-0.25, -0.2) is 9.97 Å². The molecule has 0 aliphatic carbocycles. The Kier molecular flexibility index (Phi) is 5.34. The summed E-state index contributed by atoms with van der Waals surface area (Å²) in [6, 6.07) is 2.18. The second kappa shape index (κ2) is 7.23. The largest absolute Gasteiger partial charge is 0.370 e. The molecule has 1 aromatic rings. The summed E-state index contributed by atoms with van der Waals surface area (Å²) < 4.78 is 5.41. The van der Waals surface area contributed by atoms with Gasteiger partial charge in [-0.2, -0.15) is 5.26 Å². The van der Waals surface area contributed by atoms with E-state index in [1.54, 1.807) is 0 Å². The maximum absolute atomic E-state index is 9.05. The van der Waals surface area contributed by atoms with Crippen LogP contribution in [0.1, 0.15) is 31.7 Å². The standard InChI is InChI=1S/C15H23N5O/c1-4-6-17-14-11(3)15(19-13(5-2)18-14)20-7-8-21-12(9-16)10-20/h12H,4-8,10H2,1-3H3,(H,17,18,19). The lowest BCUT2D eigenvalue weighted by molar-refractivity contribution is 0.0761. The summed E-state index contributed by atoms with van der Waals surface area (Å²) in [4.78, 5) is 11.4. The molecule has 2 heterocycles. The van der Waals surface area contributed by atoms with Gasteiger partial charge in [0.1, 0.15) is 17.5 Å². The van der Waals surface area contributed by atoms with Crippen molar-refractivity contribution in [2.45, 2.75) is 39.7 Å². The zero-order valence-corrected chi connectivity index (χ0v) is 13.0. The molecule has 2 rings (SSSR count). The molecule has 1 saturated heterocycles. The van der Waals surface area contributed by atoms with Crippen LogP contribution >= 0.6 is 0 Å². The number of hydrogen-bond acceptors (Lipinski definition) is 6. The third-order valence-electron chi connectivity index (χ3n) is 3.54. The van der Waals surface area contributed by atoms with Crippen molar-refractivity contribution in [3.8, 4) is 6.07 Å². The quantitative estimate of drug-likeness (QED) is 0.892.